The third kappa shape index (κ3) is 9.18. The van der Waals surface area contributed by atoms with Crippen LogP contribution in [-0.4, -0.2) is 51.0 Å². The number of nitrogen functional groups attached to an aromatic ring is 2. The molecule has 0 aliphatic carbocycles. The van der Waals surface area contributed by atoms with Crippen LogP contribution in [0.5, 0.6) is 11.8 Å². The van der Waals surface area contributed by atoms with Gasteiger partial charge >= 0.3 is 27.7 Å². The van der Waals surface area contributed by atoms with Gasteiger partial charge in [0.1, 0.15) is 0 Å². The maximum Gasteiger partial charge on any atom is 2.00 e. The fourth-order valence-corrected chi connectivity index (χ4v) is 4.48. The van der Waals surface area contributed by atoms with E-state index in [2.05, 4.69) is 29.4 Å². The summed E-state index contributed by atoms with van der Waals surface area (Å²) in [7, 11) is -4.83. The van der Waals surface area contributed by atoms with Crippen molar-refractivity contribution in [3.8, 4) is 11.8 Å². The molecular formula is C22H22HgN8O6S2. The number of hydrogen-bond donors (Lipinski definition) is 2. The Morgan fingerprint density at radius 2 is 0.949 bits per heavy atom. The Bertz CT molecular complexity index is 1470. The summed E-state index contributed by atoms with van der Waals surface area (Å²) in [5.74, 6) is 0.481. The molecule has 39 heavy (non-hydrogen) atoms. The van der Waals surface area contributed by atoms with Gasteiger partial charge in [0.05, 0.1) is 24.0 Å². The molecule has 0 aliphatic heterocycles. The third-order valence-electron chi connectivity index (χ3n) is 4.46. The van der Waals surface area contributed by atoms with Crippen molar-refractivity contribution in [1.29, 1.82) is 0 Å². The molecule has 2 heterocycles. The molecule has 0 spiro atoms. The van der Waals surface area contributed by atoms with Crippen LogP contribution in [0.3, 0.4) is 0 Å². The van der Waals surface area contributed by atoms with Crippen molar-refractivity contribution in [2.45, 2.75) is 9.79 Å². The van der Waals surface area contributed by atoms with Crippen LogP contribution < -0.4 is 20.9 Å². The van der Waals surface area contributed by atoms with E-state index < -0.39 is 20.0 Å². The Balaban J connectivity index is 0.000000267. The van der Waals surface area contributed by atoms with Crippen LogP contribution in [0.25, 0.3) is 9.44 Å². The Kier molecular flexibility index (Phi) is 11.2. The van der Waals surface area contributed by atoms with E-state index in [0.717, 1.165) is 0 Å². The predicted molar refractivity (Wildman–Crippen MR) is 139 cm³/mol. The second-order valence-corrected chi connectivity index (χ2v) is 10.3. The number of sulfonamides is 2. The fraction of sp³-hybridized carbons (Fsp3) is 0.0909. The summed E-state index contributed by atoms with van der Waals surface area (Å²) in [6.45, 7) is 0. The monoisotopic (exact) mass is 760 g/mol. The summed E-state index contributed by atoms with van der Waals surface area (Å²) in [5, 5.41) is 0. The summed E-state index contributed by atoms with van der Waals surface area (Å²) < 4.78 is 65.0. The van der Waals surface area contributed by atoms with E-state index in [1.807, 2.05) is 0 Å². The Labute approximate surface area is 245 Å². The molecule has 4 rings (SSSR count). The Morgan fingerprint density at radius 1 is 0.615 bits per heavy atom. The van der Waals surface area contributed by atoms with E-state index in [0.29, 0.717) is 11.4 Å². The molecule has 4 N–H and O–H groups in total. The SMILES string of the molecule is COc1cc([N-]S(=O)(=O)c2ccc(N)cc2)ncn1.COc1cc([N-]S(=O)(=O)c2ccc(N)cc2)ncn1.[Hg+2]. The number of aromatic nitrogens is 4. The van der Waals surface area contributed by atoms with Gasteiger partial charge in [0.15, 0.2) is 0 Å². The zero-order valence-electron chi connectivity index (χ0n) is 20.7. The van der Waals surface area contributed by atoms with Gasteiger partial charge in [-0.2, -0.15) is 0 Å². The van der Waals surface area contributed by atoms with Crippen LogP contribution in [0.1, 0.15) is 0 Å². The number of nitrogens with zero attached hydrogens (tertiary/aromatic N) is 6. The molecule has 200 valence electrons. The number of anilines is 2. The first-order chi connectivity index (χ1) is 18.0. The minimum atomic E-state index is -3.83. The maximum absolute atomic E-state index is 12.0. The van der Waals surface area contributed by atoms with Gasteiger partial charge in [-0.3, -0.25) is 0 Å². The van der Waals surface area contributed by atoms with Crippen LogP contribution in [0.2, 0.25) is 0 Å². The zero-order chi connectivity index (χ0) is 27.8. The van der Waals surface area contributed by atoms with E-state index in [-0.39, 0.29) is 60.9 Å². The average molecular weight is 759 g/mol. The number of nitrogens with two attached hydrogens (primary N) is 2. The van der Waals surface area contributed by atoms with Crippen LogP contribution in [0.15, 0.2) is 83.1 Å². The first-order valence-corrected chi connectivity index (χ1v) is 13.3. The second kappa shape index (κ2) is 13.9. The van der Waals surface area contributed by atoms with E-state index >= 15 is 0 Å². The van der Waals surface area contributed by atoms with Crippen LogP contribution in [0, 0.1) is 0 Å². The maximum atomic E-state index is 12.0. The molecule has 0 radical (unpaired) electrons. The predicted octanol–water partition coefficient (Wildman–Crippen LogP) is 2.92. The van der Waals surface area contributed by atoms with Crippen LogP contribution in [0.4, 0.5) is 23.0 Å². The Hall–Kier alpha value is -3.76. The summed E-state index contributed by atoms with van der Waals surface area (Å²) in [5.41, 5.74) is 11.9. The molecule has 0 unspecified atom stereocenters. The molecule has 0 bridgehead atoms. The molecule has 2 aromatic carbocycles. The minimum Gasteiger partial charge on any atom is -0.481 e. The fourth-order valence-electron chi connectivity index (χ4n) is 2.61. The van der Waals surface area contributed by atoms with Gasteiger partial charge in [0, 0.05) is 24.0 Å². The molecular weight excluding hydrogens is 737 g/mol. The van der Waals surface area contributed by atoms with Gasteiger partial charge < -0.3 is 40.4 Å². The molecule has 0 aliphatic rings. The van der Waals surface area contributed by atoms with Gasteiger partial charge in [-0.1, -0.05) is 0 Å². The van der Waals surface area contributed by atoms with E-state index in [1.165, 1.54) is 87.5 Å². The summed E-state index contributed by atoms with van der Waals surface area (Å²) in [6.07, 6.45) is 2.35. The van der Waals surface area contributed by atoms with Crippen molar-refractivity contribution < 1.29 is 54.0 Å². The van der Waals surface area contributed by atoms with E-state index in [4.69, 9.17) is 20.9 Å². The molecule has 0 fully saturated rings. The van der Waals surface area contributed by atoms with Crippen molar-refractivity contribution in [3.05, 3.63) is 82.8 Å². The van der Waals surface area contributed by atoms with Crippen molar-refractivity contribution >= 4 is 43.1 Å². The van der Waals surface area contributed by atoms with Gasteiger partial charge in [-0.05, 0) is 72.3 Å². The molecule has 2 aromatic heterocycles. The molecule has 17 heteroatoms. The van der Waals surface area contributed by atoms with Gasteiger partial charge in [0.25, 0.3) is 0 Å². The second-order valence-electron chi connectivity index (χ2n) is 7.11. The largest absolute Gasteiger partial charge is 2.00 e. The average Bonchev–Trinajstić information content (AvgIpc) is 2.89. The van der Waals surface area contributed by atoms with Gasteiger partial charge in [-0.15, -0.1) is 0 Å². The van der Waals surface area contributed by atoms with Crippen molar-refractivity contribution in [3.63, 3.8) is 0 Å². The number of methoxy groups -OCH3 is 2. The quantitative estimate of drug-likeness (QED) is 0.196. The summed E-state index contributed by atoms with van der Waals surface area (Å²) >= 11 is 0. The van der Waals surface area contributed by atoms with E-state index in [9.17, 15) is 16.8 Å². The number of rotatable bonds is 8. The first-order valence-electron chi connectivity index (χ1n) is 10.4. The topological polar surface area (TPSA) is 219 Å². The molecule has 0 atom stereocenters. The van der Waals surface area contributed by atoms with Crippen molar-refractivity contribution in [2.75, 3.05) is 25.7 Å². The van der Waals surface area contributed by atoms with E-state index in [1.54, 1.807) is 0 Å². The standard InChI is InChI=1S/2C11H11N4O3S.Hg/c2*1-18-11-6-10(13-7-14-11)15-19(16,17)9-4-2-8(12)3-5-9;/h2*2-7H,12H2,1H3;/q2*-1;+2. The van der Waals surface area contributed by atoms with Crippen molar-refractivity contribution in [2.24, 2.45) is 0 Å². The normalized spacial score (nSPS) is 10.7. The van der Waals surface area contributed by atoms with Gasteiger partial charge in [0.2, 0.25) is 31.8 Å². The number of benzene rings is 2. The Morgan fingerprint density at radius 3 is 1.26 bits per heavy atom. The summed E-state index contributed by atoms with van der Waals surface area (Å²) in [4.78, 5) is 15.1. The van der Waals surface area contributed by atoms with Crippen LogP contribution in [-0.2, 0) is 47.7 Å². The minimum absolute atomic E-state index is 0. The van der Waals surface area contributed by atoms with Gasteiger partial charge in [-0.25, -0.2) is 26.8 Å². The molecule has 4 aromatic rings. The first kappa shape index (κ1) is 31.5. The molecule has 0 saturated carbocycles. The summed E-state index contributed by atoms with van der Waals surface area (Å²) in [6, 6.07) is 14.1. The third-order valence-corrected chi connectivity index (χ3v) is 7.05. The molecule has 0 amide bonds. The molecule has 14 nitrogen and oxygen atoms in total. The zero-order valence-corrected chi connectivity index (χ0v) is 27.9. The smallest absolute Gasteiger partial charge is 0.481 e. The molecule has 0 saturated heterocycles. The van der Waals surface area contributed by atoms with Crippen molar-refractivity contribution in [1.82, 2.24) is 19.9 Å². The number of hydrogen-bond acceptors (Lipinski definition) is 12. The number of ether oxygens (including phenoxy) is 2. The van der Waals surface area contributed by atoms with Crippen LogP contribution >= 0.6 is 0 Å².